The summed E-state index contributed by atoms with van der Waals surface area (Å²) in [6.45, 7) is 1.79. The lowest BCUT2D eigenvalue weighted by Gasteiger charge is -2.14. The maximum absolute atomic E-state index is 13.4. The third-order valence-electron chi connectivity index (χ3n) is 5.25. The number of carbonyl (C=O) groups excluding carboxylic acids is 3. The lowest BCUT2D eigenvalue weighted by molar-refractivity contribution is -0.115. The molecule has 11 heteroatoms. The van der Waals surface area contributed by atoms with Crippen LogP contribution in [0.3, 0.4) is 0 Å². The summed E-state index contributed by atoms with van der Waals surface area (Å²) in [7, 11) is 0. The highest BCUT2D eigenvalue weighted by molar-refractivity contribution is 8.00. The minimum absolute atomic E-state index is 0.0257. The molecular weight excluding hydrogens is 575 g/mol. The molecule has 4 aromatic rings. The predicted octanol–water partition coefficient (Wildman–Crippen LogP) is 6.98. The zero-order valence-electron chi connectivity index (χ0n) is 20.5. The van der Waals surface area contributed by atoms with E-state index >= 15 is 0 Å². The van der Waals surface area contributed by atoms with Gasteiger partial charge in [0, 0.05) is 27.7 Å². The molecule has 4 rings (SSSR count). The largest absolute Gasteiger partial charge is 0.321 e. The molecule has 0 aliphatic heterocycles. The van der Waals surface area contributed by atoms with Crippen molar-refractivity contribution >= 4 is 80.9 Å². The Bertz CT molecular complexity index is 1510. The fourth-order valence-corrected chi connectivity index (χ4v) is 5.15. The van der Waals surface area contributed by atoms with Gasteiger partial charge in [0.05, 0.1) is 15.3 Å². The molecule has 1 atom stereocenters. The lowest BCUT2D eigenvalue weighted by Crippen LogP contribution is -2.30. The number of carbonyl (C=O) groups is 3. The zero-order valence-corrected chi connectivity index (χ0v) is 23.6. The topological polar surface area (TPSA) is 100 Å². The smallest absolute Gasteiger partial charge is 0.272 e. The number of hydrogen-bond donors (Lipinski definition) is 3. The molecule has 0 spiro atoms. The van der Waals surface area contributed by atoms with Gasteiger partial charge in [-0.25, -0.2) is 4.98 Å². The normalized spacial score (nSPS) is 11.9. The van der Waals surface area contributed by atoms with Gasteiger partial charge in [-0.05, 0) is 55.0 Å². The summed E-state index contributed by atoms with van der Waals surface area (Å²) in [4.78, 5) is 43.6. The second-order valence-corrected chi connectivity index (χ2v) is 11.2. The van der Waals surface area contributed by atoms with Crippen LogP contribution in [-0.2, 0) is 9.59 Å². The third-order valence-corrected chi connectivity index (χ3v) is 7.86. The van der Waals surface area contributed by atoms with Crippen LogP contribution in [0.25, 0.3) is 6.08 Å². The summed E-state index contributed by atoms with van der Waals surface area (Å²) < 4.78 is 0. The average molecular weight is 598 g/mol. The fourth-order valence-electron chi connectivity index (χ4n) is 3.33. The molecule has 7 nitrogen and oxygen atoms in total. The van der Waals surface area contributed by atoms with Crippen molar-refractivity contribution in [3.05, 3.63) is 111 Å². The van der Waals surface area contributed by atoms with Gasteiger partial charge in [-0.15, -0.1) is 23.1 Å². The SMILES string of the molecule is CC(Sc1cccc(NC(=O)/C(=C\c2cccc(Cl)c2Cl)NC(=O)c2ccccc2)c1)C(=O)Nc1nccs1. The number of nitrogens with one attached hydrogen (secondary N) is 3. The number of aromatic nitrogens is 1. The molecule has 3 aromatic carbocycles. The molecule has 0 fully saturated rings. The van der Waals surface area contributed by atoms with Crippen LogP contribution >= 0.6 is 46.3 Å². The molecule has 3 N–H and O–H groups in total. The van der Waals surface area contributed by atoms with Crippen molar-refractivity contribution < 1.29 is 14.4 Å². The first-order valence-electron chi connectivity index (χ1n) is 11.6. The summed E-state index contributed by atoms with van der Waals surface area (Å²) in [5.41, 5.74) is 1.31. The highest BCUT2D eigenvalue weighted by Crippen LogP contribution is 2.29. The maximum atomic E-state index is 13.4. The number of nitrogens with zero attached hydrogens (tertiary/aromatic N) is 1. The van der Waals surface area contributed by atoms with Crippen molar-refractivity contribution in [3.8, 4) is 0 Å². The van der Waals surface area contributed by atoms with Crippen LogP contribution in [0.1, 0.15) is 22.8 Å². The molecule has 0 aliphatic carbocycles. The van der Waals surface area contributed by atoms with Crippen molar-refractivity contribution in [2.24, 2.45) is 0 Å². The van der Waals surface area contributed by atoms with Crippen molar-refractivity contribution in [1.29, 1.82) is 0 Å². The number of anilines is 2. The van der Waals surface area contributed by atoms with Crippen molar-refractivity contribution in [3.63, 3.8) is 0 Å². The first kappa shape index (κ1) is 28.4. The van der Waals surface area contributed by atoms with Gasteiger partial charge in [-0.1, -0.05) is 59.6 Å². The quantitative estimate of drug-likeness (QED) is 0.143. The Morgan fingerprint density at radius 1 is 0.974 bits per heavy atom. The lowest BCUT2D eigenvalue weighted by atomic mass is 10.1. The molecule has 0 aliphatic rings. The standard InChI is InChI=1S/C28H22Cl2N4O3S2/c1-17(25(35)34-28-31-13-14-38-28)39-21-11-6-10-20(16-21)32-27(37)23(15-19-9-5-12-22(29)24(19)30)33-26(36)18-7-3-2-4-8-18/h2-17H,1H3,(H,32,37)(H,33,36)(H,31,34,35)/b23-15+. The van der Waals surface area contributed by atoms with Crippen LogP contribution in [0, 0.1) is 0 Å². The minimum atomic E-state index is -0.563. The third kappa shape index (κ3) is 7.93. The Morgan fingerprint density at radius 3 is 2.49 bits per heavy atom. The summed E-state index contributed by atoms with van der Waals surface area (Å²) in [6.07, 6.45) is 3.09. The Morgan fingerprint density at radius 2 is 1.74 bits per heavy atom. The summed E-state index contributed by atoms with van der Waals surface area (Å²) in [6, 6.07) is 20.6. The molecule has 0 radical (unpaired) electrons. The Kier molecular flexibility index (Phi) is 9.78. The van der Waals surface area contributed by atoms with Crippen LogP contribution in [0.2, 0.25) is 10.0 Å². The molecule has 198 valence electrons. The van der Waals surface area contributed by atoms with Crippen LogP contribution in [0.5, 0.6) is 0 Å². The van der Waals surface area contributed by atoms with Gasteiger partial charge < -0.3 is 16.0 Å². The van der Waals surface area contributed by atoms with E-state index in [9.17, 15) is 14.4 Å². The van der Waals surface area contributed by atoms with E-state index in [1.165, 1.54) is 29.2 Å². The van der Waals surface area contributed by atoms with Crippen molar-refractivity contribution in [1.82, 2.24) is 10.3 Å². The zero-order chi connectivity index (χ0) is 27.8. The monoisotopic (exact) mass is 596 g/mol. The number of rotatable bonds is 9. The average Bonchev–Trinajstić information content (AvgIpc) is 3.44. The molecule has 0 saturated heterocycles. The Hall–Kier alpha value is -3.63. The number of hydrogen-bond acceptors (Lipinski definition) is 6. The number of amides is 3. The summed E-state index contributed by atoms with van der Waals surface area (Å²) in [5.74, 6) is -1.21. The van der Waals surface area contributed by atoms with E-state index in [-0.39, 0.29) is 16.6 Å². The summed E-state index contributed by atoms with van der Waals surface area (Å²) in [5, 5.41) is 10.7. The van der Waals surface area contributed by atoms with E-state index in [2.05, 4.69) is 20.9 Å². The first-order chi connectivity index (χ1) is 18.8. The van der Waals surface area contributed by atoms with Gasteiger partial charge in [0.25, 0.3) is 11.8 Å². The van der Waals surface area contributed by atoms with Gasteiger partial charge in [0.1, 0.15) is 5.70 Å². The van der Waals surface area contributed by atoms with Crippen LogP contribution in [0.15, 0.2) is 95.0 Å². The predicted molar refractivity (Wildman–Crippen MR) is 159 cm³/mol. The summed E-state index contributed by atoms with van der Waals surface area (Å²) >= 11 is 15.2. The van der Waals surface area contributed by atoms with Crippen LogP contribution in [-0.4, -0.2) is 28.0 Å². The Labute approximate surface area is 243 Å². The maximum Gasteiger partial charge on any atom is 0.272 e. The highest BCUT2D eigenvalue weighted by atomic mass is 35.5. The Balaban J connectivity index is 1.52. The molecule has 3 amide bonds. The van der Waals surface area contributed by atoms with E-state index in [1.807, 2.05) is 6.07 Å². The molecule has 1 aromatic heterocycles. The van der Waals surface area contributed by atoms with E-state index in [4.69, 9.17) is 23.2 Å². The van der Waals surface area contributed by atoms with Gasteiger partial charge in [-0.3, -0.25) is 14.4 Å². The van der Waals surface area contributed by atoms with Gasteiger partial charge >= 0.3 is 0 Å². The van der Waals surface area contributed by atoms with Crippen molar-refractivity contribution in [2.45, 2.75) is 17.1 Å². The number of halogens is 2. The van der Waals surface area contributed by atoms with Gasteiger partial charge in [0.2, 0.25) is 5.91 Å². The second kappa shape index (κ2) is 13.4. The highest BCUT2D eigenvalue weighted by Gasteiger charge is 2.18. The van der Waals surface area contributed by atoms with Crippen LogP contribution in [0.4, 0.5) is 10.8 Å². The number of thiazole rings is 1. The van der Waals surface area contributed by atoms with Gasteiger partial charge in [-0.2, -0.15) is 0 Å². The molecule has 0 bridgehead atoms. The number of benzene rings is 3. The first-order valence-corrected chi connectivity index (χ1v) is 14.1. The number of thioether (sulfide) groups is 1. The van der Waals surface area contributed by atoms with E-state index in [0.29, 0.717) is 27.0 Å². The van der Waals surface area contributed by atoms with E-state index in [0.717, 1.165) is 4.90 Å². The van der Waals surface area contributed by atoms with E-state index in [1.54, 1.807) is 85.2 Å². The molecule has 1 heterocycles. The second-order valence-electron chi connectivity index (χ2n) is 8.09. The molecule has 1 unspecified atom stereocenters. The van der Waals surface area contributed by atoms with Crippen LogP contribution < -0.4 is 16.0 Å². The molecule has 39 heavy (non-hydrogen) atoms. The van der Waals surface area contributed by atoms with Crippen molar-refractivity contribution in [2.75, 3.05) is 10.6 Å². The van der Waals surface area contributed by atoms with E-state index < -0.39 is 17.1 Å². The molecule has 0 saturated carbocycles. The van der Waals surface area contributed by atoms with Gasteiger partial charge in [0.15, 0.2) is 5.13 Å². The molecular formula is C28H22Cl2N4O3S2. The fraction of sp³-hybridized carbons (Fsp3) is 0.0714. The minimum Gasteiger partial charge on any atom is -0.321 e.